The van der Waals surface area contributed by atoms with Crippen LogP contribution in [0, 0.1) is 0 Å². The second kappa shape index (κ2) is 9.07. The van der Waals surface area contributed by atoms with Crippen LogP contribution in [0.1, 0.15) is 48.9 Å². The molecule has 1 saturated carbocycles. The predicted molar refractivity (Wildman–Crippen MR) is 118 cm³/mol. The average molecular weight is 426 g/mol. The highest BCUT2D eigenvalue weighted by atomic mass is 31.1. The number of amides is 1. The summed E-state index contributed by atoms with van der Waals surface area (Å²) in [6, 6.07) is 15.9. The van der Waals surface area contributed by atoms with Crippen LogP contribution in [-0.4, -0.2) is 17.1 Å². The molecule has 1 heterocycles. The van der Waals surface area contributed by atoms with Crippen LogP contribution in [0.25, 0.3) is 10.9 Å². The fourth-order valence-electron chi connectivity index (χ4n) is 3.92. The molecule has 3 aromatic rings. The van der Waals surface area contributed by atoms with Gasteiger partial charge in [-0.2, -0.15) is 0 Å². The van der Waals surface area contributed by atoms with Gasteiger partial charge >= 0.3 is 8.25 Å². The highest BCUT2D eigenvalue weighted by Crippen LogP contribution is 2.46. The first-order valence-corrected chi connectivity index (χ1v) is 11.6. The van der Waals surface area contributed by atoms with E-state index in [0.29, 0.717) is 18.3 Å². The van der Waals surface area contributed by atoms with Crippen LogP contribution < -0.4 is 10.3 Å². The predicted octanol–water partition coefficient (Wildman–Crippen LogP) is 4.79. The Kier molecular flexibility index (Phi) is 6.26. The summed E-state index contributed by atoms with van der Waals surface area (Å²) < 4.78 is 25.1. The van der Waals surface area contributed by atoms with E-state index in [-0.39, 0.29) is 12.3 Å². The fraction of sp³-hybridized carbons (Fsp3) is 0.348. The summed E-state index contributed by atoms with van der Waals surface area (Å²) in [7, 11) is -2.61. The maximum Gasteiger partial charge on any atom is 0.367 e. The molecule has 2 N–H and O–H groups in total. The number of carbonyl (C=O) groups excluding carboxylic acids is 1. The molecule has 1 fully saturated rings. The van der Waals surface area contributed by atoms with Crippen molar-refractivity contribution in [3.05, 3.63) is 65.4 Å². The number of hydrogen-bond donors (Lipinski definition) is 1. The van der Waals surface area contributed by atoms with Gasteiger partial charge in [-0.05, 0) is 54.5 Å². The van der Waals surface area contributed by atoms with Crippen LogP contribution in [0.3, 0.4) is 0 Å². The Morgan fingerprint density at radius 2 is 1.97 bits per heavy atom. The van der Waals surface area contributed by atoms with Gasteiger partial charge in [0.2, 0.25) is 5.91 Å². The Labute approximate surface area is 176 Å². The van der Waals surface area contributed by atoms with Gasteiger partial charge in [0.1, 0.15) is 5.75 Å². The lowest BCUT2D eigenvalue weighted by Crippen LogP contribution is -2.15. The molecule has 1 aliphatic carbocycles. The van der Waals surface area contributed by atoms with Crippen LogP contribution in [0.4, 0.5) is 0 Å². The van der Waals surface area contributed by atoms with Crippen LogP contribution >= 0.6 is 8.25 Å². The first kappa shape index (κ1) is 20.7. The second-order valence-electron chi connectivity index (χ2n) is 7.73. The summed E-state index contributed by atoms with van der Waals surface area (Å²) >= 11 is 0. The minimum absolute atomic E-state index is 0.176. The van der Waals surface area contributed by atoms with Crippen molar-refractivity contribution in [1.29, 1.82) is 0 Å². The number of fused-ring (bicyclic) bond motifs is 1. The number of carbonyl (C=O) groups is 1. The zero-order valence-electron chi connectivity index (χ0n) is 17.1. The molecule has 1 aromatic heterocycles. The van der Waals surface area contributed by atoms with Crippen molar-refractivity contribution in [3.8, 4) is 5.75 Å². The summed E-state index contributed by atoms with van der Waals surface area (Å²) in [5, 5.41) is 0.925. The van der Waals surface area contributed by atoms with E-state index in [1.807, 2.05) is 43.3 Å². The highest BCUT2D eigenvalue weighted by Gasteiger charge is 2.32. The number of aromatic nitrogens is 1. The zero-order valence-corrected chi connectivity index (χ0v) is 18.1. The molecule has 6 nitrogen and oxygen atoms in total. The van der Waals surface area contributed by atoms with Crippen molar-refractivity contribution in [2.75, 3.05) is 6.61 Å². The van der Waals surface area contributed by atoms with Gasteiger partial charge in [0.25, 0.3) is 0 Å². The third-order valence-corrected chi connectivity index (χ3v) is 6.15. The third kappa shape index (κ3) is 4.61. The number of rotatable bonds is 10. The van der Waals surface area contributed by atoms with E-state index in [4.69, 9.17) is 14.8 Å². The van der Waals surface area contributed by atoms with Crippen LogP contribution in [-0.2, 0) is 26.8 Å². The third-order valence-electron chi connectivity index (χ3n) is 5.31. The molecule has 1 aliphatic rings. The van der Waals surface area contributed by atoms with Gasteiger partial charge in [-0.25, -0.2) is 4.57 Å². The zero-order chi connectivity index (χ0) is 21.1. The van der Waals surface area contributed by atoms with Crippen LogP contribution in [0.15, 0.2) is 48.5 Å². The molecular formula is C23H27N2O4P. The van der Waals surface area contributed by atoms with Crippen molar-refractivity contribution in [2.24, 2.45) is 5.73 Å². The summed E-state index contributed by atoms with van der Waals surface area (Å²) in [6.07, 6.45) is 3.17. The lowest BCUT2D eigenvalue weighted by Gasteiger charge is -2.12. The Hall–Kier alpha value is -2.56. The van der Waals surface area contributed by atoms with Gasteiger partial charge in [0.05, 0.1) is 13.0 Å². The minimum atomic E-state index is -2.61. The molecular weight excluding hydrogens is 399 g/mol. The molecule has 158 valence electrons. The number of benzene rings is 2. The number of hydrogen-bond acceptors (Lipinski definition) is 4. The Morgan fingerprint density at radius 3 is 2.63 bits per heavy atom. The normalized spacial score (nSPS) is 14.7. The first-order chi connectivity index (χ1) is 14.6. The van der Waals surface area contributed by atoms with Crippen molar-refractivity contribution >= 4 is 25.1 Å². The Bertz CT molecular complexity index is 1070. The van der Waals surface area contributed by atoms with Crippen molar-refractivity contribution in [3.63, 3.8) is 0 Å². The fourth-order valence-corrected chi connectivity index (χ4v) is 4.67. The molecule has 0 saturated heterocycles. The van der Waals surface area contributed by atoms with E-state index in [1.165, 1.54) is 11.3 Å². The lowest BCUT2D eigenvalue weighted by molar-refractivity contribution is -0.117. The van der Waals surface area contributed by atoms with Gasteiger partial charge in [-0.15, -0.1) is 0 Å². The lowest BCUT2D eigenvalue weighted by atomic mass is 10.0. The van der Waals surface area contributed by atoms with E-state index in [9.17, 15) is 9.36 Å². The van der Waals surface area contributed by atoms with E-state index in [0.717, 1.165) is 42.3 Å². The van der Waals surface area contributed by atoms with Crippen LogP contribution in [0.2, 0.25) is 0 Å². The monoisotopic (exact) mass is 426 g/mol. The second-order valence-corrected chi connectivity index (χ2v) is 8.73. The molecule has 0 radical (unpaired) electrons. The maximum atomic E-state index is 12.1. The molecule has 4 rings (SSSR count). The Morgan fingerprint density at radius 1 is 1.20 bits per heavy atom. The molecule has 0 aliphatic heterocycles. The molecule has 1 amide bonds. The van der Waals surface area contributed by atoms with Crippen molar-refractivity contribution in [2.45, 2.75) is 45.1 Å². The summed E-state index contributed by atoms with van der Waals surface area (Å²) in [5.74, 6) is 0.557. The van der Waals surface area contributed by atoms with E-state index in [2.05, 4.69) is 16.7 Å². The minimum Gasteiger partial charge on any atom is -0.426 e. The first-order valence-electron chi connectivity index (χ1n) is 10.4. The Balaban J connectivity index is 1.78. The van der Waals surface area contributed by atoms with E-state index in [1.54, 1.807) is 0 Å². The average Bonchev–Trinajstić information content (AvgIpc) is 3.52. The number of primary amides is 1. The van der Waals surface area contributed by atoms with Gasteiger partial charge < -0.3 is 19.3 Å². The smallest absolute Gasteiger partial charge is 0.367 e. The topological polar surface area (TPSA) is 83.6 Å². The molecule has 7 heteroatoms. The van der Waals surface area contributed by atoms with Gasteiger partial charge in [0, 0.05) is 23.1 Å². The number of nitrogens with two attached hydrogens (primary N) is 1. The van der Waals surface area contributed by atoms with Crippen molar-refractivity contribution < 1.29 is 18.4 Å². The van der Waals surface area contributed by atoms with Gasteiger partial charge in [0.15, 0.2) is 0 Å². The van der Waals surface area contributed by atoms with Gasteiger partial charge in [-0.1, -0.05) is 37.3 Å². The molecule has 30 heavy (non-hydrogen) atoms. The molecule has 1 atom stereocenters. The van der Waals surface area contributed by atoms with E-state index < -0.39 is 8.25 Å². The molecule has 0 bridgehead atoms. The summed E-state index contributed by atoms with van der Waals surface area (Å²) in [6.45, 7) is 3.07. The molecule has 2 aromatic carbocycles. The SMILES string of the molecule is CCCO[PH](=O)Oc1ccc2c(c1)c(CC(N)=O)c(C1CC1)n2Cc1ccccc1. The summed E-state index contributed by atoms with van der Waals surface area (Å²) in [5.41, 5.74) is 9.95. The quantitative estimate of drug-likeness (QED) is 0.473. The largest absolute Gasteiger partial charge is 0.426 e. The number of nitrogens with zero attached hydrogens (tertiary/aromatic N) is 1. The van der Waals surface area contributed by atoms with Crippen LogP contribution in [0.5, 0.6) is 5.75 Å². The summed E-state index contributed by atoms with van der Waals surface area (Å²) in [4.78, 5) is 11.9. The highest BCUT2D eigenvalue weighted by molar-refractivity contribution is 7.33. The molecule has 1 unspecified atom stereocenters. The van der Waals surface area contributed by atoms with E-state index >= 15 is 0 Å². The maximum absolute atomic E-state index is 12.1. The standard InChI is InChI=1S/C23H27N2O4P/c1-2-12-28-30(27)29-18-10-11-21-19(13-18)20(14-22(24)26)23(17-8-9-17)25(21)15-16-6-4-3-5-7-16/h3-7,10-11,13,17,30H,2,8-9,12,14-15H2,1H3,(H2,24,26). The molecule has 0 spiro atoms. The van der Waals surface area contributed by atoms with Crippen molar-refractivity contribution in [1.82, 2.24) is 4.57 Å². The van der Waals surface area contributed by atoms with Gasteiger partial charge in [-0.3, -0.25) is 4.79 Å².